The van der Waals surface area contributed by atoms with Crippen LogP contribution in [-0.4, -0.2) is 106 Å². The minimum absolute atomic E-state index is 0.0263. The molecular weight excluding hydrogens is 924 g/mol. The summed E-state index contributed by atoms with van der Waals surface area (Å²) in [7, 11) is -10.4. The highest BCUT2D eigenvalue weighted by atomic mass is 35.5. The number of aliphatic hydroxyl groups is 1. The Morgan fingerprint density at radius 1 is 0.906 bits per heavy atom. The summed E-state index contributed by atoms with van der Waals surface area (Å²) in [6, 6.07) is 26.0. The van der Waals surface area contributed by atoms with Gasteiger partial charge in [-0.3, -0.25) is 9.69 Å². The molecule has 0 saturated carbocycles. The number of nitrogens with zero attached hydrogens (tertiary/aromatic N) is 3. The van der Waals surface area contributed by atoms with Crippen molar-refractivity contribution in [3.8, 4) is 0 Å². The monoisotopic (exact) mass is 973 g/mol. The maximum absolute atomic E-state index is 14.6. The Morgan fingerprint density at radius 2 is 1.61 bits per heavy atom. The third-order valence-corrected chi connectivity index (χ3v) is 16.7. The molecule has 2 aliphatic heterocycles. The number of halogens is 4. The molecule has 0 aromatic heterocycles. The molecule has 1 unspecified atom stereocenters. The first-order chi connectivity index (χ1) is 30.6. The van der Waals surface area contributed by atoms with Gasteiger partial charge in [-0.25, -0.2) is 21.6 Å². The summed E-state index contributed by atoms with van der Waals surface area (Å²) >= 11 is 12.7. The van der Waals surface area contributed by atoms with Gasteiger partial charge in [0.25, 0.3) is 25.8 Å². The van der Waals surface area contributed by atoms with E-state index in [-0.39, 0.29) is 23.9 Å². The van der Waals surface area contributed by atoms with Crippen LogP contribution in [0.4, 0.5) is 20.2 Å². The maximum Gasteiger partial charge on any atom is 0.427 e. The van der Waals surface area contributed by atoms with E-state index in [4.69, 9.17) is 23.2 Å². The summed E-state index contributed by atoms with van der Waals surface area (Å²) in [5, 5.41) is 13.6. The van der Waals surface area contributed by atoms with E-state index in [1.807, 2.05) is 64.4 Å². The van der Waals surface area contributed by atoms with E-state index in [1.54, 1.807) is 12.1 Å². The van der Waals surface area contributed by atoms with Crippen LogP contribution in [0, 0.1) is 0 Å². The summed E-state index contributed by atoms with van der Waals surface area (Å²) in [5.41, 5.74) is 4.71. The first kappa shape index (κ1) is 47.8. The van der Waals surface area contributed by atoms with Gasteiger partial charge in [-0.05, 0) is 134 Å². The van der Waals surface area contributed by atoms with Crippen molar-refractivity contribution in [2.45, 2.75) is 70.0 Å². The molecule has 4 aromatic carbocycles. The van der Waals surface area contributed by atoms with Crippen molar-refractivity contribution >= 4 is 77.7 Å². The Hall–Kier alpha value is -4.16. The van der Waals surface area contributed by atoms with Crippen LogP contribution in [-0.2, 0) is 19.9 Å². The number of piperazine rings is 1. The Bertz CT molecular complexity index is 2540. The molecule has 0 radical (unpaired) electrons. The number of sulfonamides is 1. The smallest absolute Gasteiger partial charge is 0.394 e. The predicted molar refractivity (Wildman–Crippen MR) is 252 cm³/mol. The highest BCUT2D eigenvalue weighted by Crippen LogP contribution is 2.39. The molecule has 4 aromatic rings. The summed E-state index contributed by atoms with van der Waals surface area (Å²) < 4.78 is 80.2. The second kappa shape index (κ2) is 21.0. The van der Waals surface area contributed by atoms with E-state index in [9.17, 15) is 35.5 Å². The van der Waals surface area contributed by atoms with E-state index in [2.05, 4.69) is 27.2 Å². The van der Waals surface area contributed by atoms with Gasteiger partial charge in [0.15, 0.2) is 0 Å². The van der Waals surface area contributed by atoms with Crippen LogP contribution in [0.25, 0.3) is 5.57 Å². The van der Waals surface area contributed by atoms with Crippen molar-refractivity contribution in [1.82, 2.24) is 14.5 Å². The lowest BCUT2D eigenvalue weighted by Crippen LogP contribution is -2.47. The fourth-order valence-corrected chi connectivity index (χ4v) is 11.6. The van der Waals surface area contributed by atoms with Gasteiger partial charge in [0, 0.05) is 72.2 Å². The zero-order valence-corrected chi connectivity index (χ0v) is 39.0. The average molecular weight is 975 g/mol. The highest BCUT2D eigenvalue weighted by molar-refractivity contribution is 7.99. The number of hydrogen-bond acceptors (Lipinski definition) is 11. The molecule has 3 N–H and O–H groups in total. The first-order valence-corrected chi connectivity index (χ1v) is 25.9. The molecule has 3 aliphatic rings. The van der Waals surface area contributed by atoms with Crippen molar-refractivity contribution in [3.05, 3.63) is 131 Å². The fourth-order valence-electron chi connectivity index (χ4n) is 8.26. The second-order valence-electron chi connectivity index (χ2n) is 16.1. The standard InChI is InChI=1S/C46H51Cl2F2N5O6S3/c47-36-16-12-33(13-17-36)42-11-5-4-7-35(42)30-53-25-27-55(28-26-53)38-18-14-34(15-19-38)45(57)52-64(60,61)41-20-21-43(44(29-41)63(58,59)46(48,49)50)51-37(32-62-40-9-2-1-3-10-40)22-24-54-23-6-8-39(54)31-56/h1-3,6,9-10,12-21,23,29,37,39,51,56H,4-5,7-8,11,22,24-28,30-32H2,(H,52,57)/t37-,39?/m1/s1. The SMILES string of the molecule is O=C(NS(=O)(=O)c1ccc(N[C@H](CCN2C=CCC2CO)CSc2ccccc2)c(S(=O)(=O)C(F)(F)Cl)c1)c1ccc(N2CCN(CC3=C(c4ccc(Cl)cc4)CCCC3)CC2)cc1. The van der Waals surface area contributed by atoms with Gasteiger partial charge in [-0.15, -0.1) is 11.8 Å². The van der Waals surface area contributed by atoms with E-state index < -0.39 is 46.3 Å². The third-order valence-electron chi connectivity index (χ3n) is 11.8. The van der Waals surface area contributed by atoms with E-state index in [1.165, 1.54) is 53.4 Å². The van der Waals surface area contributed by atoms with E-state index in [0.717, 1.165) is 73.3 Å². The number of allylic oxidation sites excluding steroid dienone is 1. The van der Waals surface area contributed by atoms with Crippen molar-refractivity contribution in [1.29, 1.82) is 0 Å². The summed E-state index contributed by atoms with van der Waals surface area (Å²) in [6.45, 7) is 4.48. The highest BCUT2D eigenvalue weighted by Gasteiger charge is 2.46. The van der Waals surface area contributed by atoms with E-state index >= 15 is 0 Å². The van der Waals surface area contributed by atoms with Gasteiger partial charge in [0.1, 0.15) is 0 Å². The summed E-state index contributed by atoms with van der Waals surface area (Å²) in [5.74, 6) is -0.615. The lowest BCUT2D eigenvalue weighted by molar-refractivity contribution is 0.0981. The third kappa shape index (κ3) is 11.8. The predicted octanol–water partition coefficient (Wildman–Crippen LogP) is 8.71. The molecule has 2 atom stereocenters. The van der Waals surface area contributed by atoms with E-state index in [0.29, 0.717) is 31.2 Å². The summed E-state index contributed by atoms with van der Waals surface area (Å²) in [4.78, 5) is 19.1. The zero-order valence-electron chi connectivity index (χ0n) is 35.0. The number of alkyl halides is 3. The maximum atomic E-state index is 14.6. The molecule has 1 saturated heterocycles. The molecule has 1 aliphatic carbocycles. The Labute approximate surface area is 388 Å². The molecule has 0 spiro atoms. The first-order valence-electron chi connectivity index (χ1n) is 21.2. The average Bonchev–Trinajstić information content (AvgIpc) is 3.76. The number of anilines is 2. The number of hydrogen-bond donors (Lipinski definition) is 3. The molecule has 2 heterocycles. The second-order valence-corrected chi connectivity index (χ2v) is 22.0. The van der Waals surface area contributed by atoms with Crippen LogP contribution in [0.15, 0.2) is 130 Å². The molecule has 1 fully saturated rings. The minimum Gasteiger partial charge on any atom is -0.394 e. The lowest BCUT2D eigenvalue weighted by atomic mass is 9.87. The van der Waals surface area contributed by atoms with Gasteiger partial charge < -0.3 is 20.2 Å². The lowest BCUT2D eigenvalue weighted by Gasteiger charge is -2.37. The number of nitrogens with one attached hydrogen (secondary N) is 2. The van der Waals surface area contributed by atoms with Crippen LogP contribution >= 0.6 is 35.0 Å². The molecule has 0 bridgehead atoms. The van der Waals surface area contributed by atoms with Crippen molar-refractivity contribution in [2.24, 2.45) is 0 Å². The van der Waals surface area contributed by atoms with Crippen molar-refractivity contribution in [2.75, 3.05) is 61.8 Å². The molecule has 1 amide bonds. The minimum atomic E-state index is -5.65. The zero-order chi connectivity index (χ0) is 45.5. The fraction of sp³-hybridized carbons (Fsp3) is 0.370. The number of carbonyl (C=O) groups is 1. The number of rotatable bonds is 18. The largest absolute Gasteiger partial charge is 0.427 e. The van der Waals surface area contributed by atoms with Crippen molar-refractivity contribution < 1.29 is 35.5 Å². The molecule has 11 nitrogen and oxygen atoms in total. The Balaban J connectivity index is 1.02. The quantitative estimate of drug-likeness (QED) is 0.0652. The number of carbonyl (C=O) groups excluding carboxylic acids is 1. The van der Waals surface area contributed by atoms with Gasteiger partial charge in [-0.2, -0.15) is 8.78 Å². The number of benzene rings is 4. The van der Waals surface area contributed by atoms with Crippen LogP contribution in [0.1, 0.15) is 54.4 Å². The van der Waals surface area contributed by atoms with Gasteiger partial charge >= 0.3 is 4.71 Å². The number of sulfone groups is 1. The van der Waals surface area contributed by atoms with Crippen molar-refractivity contribution in [3.63, 3.8) is 0 Å². The number of amides is 1. The Kier molecular flexibility index (Phi) is 15.7. The van der Waals surface area contributed by atoms with Gasteiger partial charge in [0.05, 0.1) is 28.1 Å². The van der Waals surface area contributed by atoms with Crippen LogP contribution in [0.5, 0.6) is 0 Å². The summed E-state index contributed by atoms with van der Waals surface area (Å²) in [6.07, 6.45) is 9.32. The normalized spacial score (nSPS) is 18.0. The molecule has 18 heteroatoms. The van der Waals surface area contributed by atoms with Gasteiger partial charge in [-0.1, -0.05) is 53.6 Å². The van der Waals surface area contributed by atoms with Gasteiger partial charge in [0.2, 0.25) is 0 Å². The molecular formula is C46H51Cl2F2N5O6S3. The van der Waals surface area contributed by atoms with Crippen LogP contribution < -0.4 is 14.9 Å². The van der Waals surface area contributed by atoms with Crippen LogP contribution in [0.3, 0.4) is 0 Å². The topological polar surface area (TPSA) is 139 Å². The number of thioether (sulfide) groups is 1. The van der Waals surface area contributed by atoms with Crippen LogP contribution in [0.2, 0.25) is 5.02 Å². The molecule has 64 heavy (non-hydrogen) atoms. The number of aliphatic hydroxyl groups excluding tert-OH is 1. The molecule has 342 valence electrons. The molecule has 7 rings (SSSR count). The Morgan fingerprint density at radius 3 is 2.30 bits per heavy atom.